The van der Waals surface area contributed by atoms with Crippen LogP contribution in [0.4, 0.5) is 5.69 Å². The summed E-state index contributed by atoms with van der Waals surface area (Å²) in [5.41, 5.74) is 0.945. The second kappa shape index (κ2) is 6.91. The number of nitrogens with one attached hydrogen (secondary N) is 1. The number of carbonyl (C=O) groups is 1. The van der Waals surface area contributed by atoms with Crippen molar-refractivity contribution in [3.8, 4) is 11.5 Å². The fraction of sp³-hybridized carbons (Fsp3) is 0.353. The van der Waals surface area contributed by atoms with Gasteiger partial charge in [-0.25, -0.2) is 13.2 Å². The van der Waals surface area contributed by atoms with Gasteiger partial charge in [0, 0.05) is 18.8 Å². The molecule has 3 rings (SSSR count). The summed E-state index contributed by atoms with van der Waals surface area (Å²) in [5, 5.41) is 0. The summed E-state index contributed by atoms with van der Waals surface area (Å²) < 4.78 is 45.4. The van der Waals surface area contributed by atoms with Crippen LogP contribution < -0.4 is 14.2 Å². The highest BCUT2D eigenvalue weighted by Crippen LogP contribution is 2.33. The van der Waals surface area contributed by atoms with Gasteiger partial charge in [-0.1, -0.05) is 0 Å². The van der Waals surface area contributed by atoms with Crippen molar-refractivity contribution in [2.24, 2.45) is 7.05 Å². The van der Waals surface area contributed by atoms with Gasteiger partial charge < -0.3 is 18.8 Å². The van der Waals surface area contributed by atoms with E-state index in [0.717, 1.165) is 0 Å². The third kappa shape index (κ3) is 3.34. The number of hydrogen-bond donors (Lipinski definition) is 1. The van der Waals surface area contributed by atoms with Crippen LogP contribution in [0.5, 0.6) is 11.5 Å². The lowest BCUT2D eigenvalue weighted by Gasteiger charge is -2.19. The number of ether oxygens (including phenoxy) is 3. The van der Waals surface area contributed by atoms with Crippen molar-refractivity contribution < 1.29 is 27.4 Å². The first-order valence-electron chi connectivity index (χ1n) is 8.09. The van der Waals surface area contributed by atoms with E-state index in [2.05, 4.69) is 4.72 Å². The molecule has 1 aliphatic heterocycles. The number of anilines is 1. The zero-order valence-electron chi connectivity index (χ0n) is 14.7. The molecule has 8 nitrogen and oxygen atoms in total. The highest BCUT2D eigenvalue weighted by Gasteiger charge is 2.25. The van der Waals surface area contributed by atoms with Gasteiger partial charge in [-0.15, -0.1) is 0 Å². The van der Waals surface area contributed by atoms with E-state index in [9.17, 15) is 13.2 Å². The minimum Gasteiger partial charge on any atom is -0.486 e. The number of sulfonamides is 1. The van der Waals surface area contributed by atoms with Gasteiger partial charge in [-0.3, -0.25) is 4.72 Å². The predicted octanol–water partition coefficient (Wildman–Crippen LogP) is 2.08. The highest BCUT2D eigenvalue weighted by atomic mass is 32.2. The Morgan fingerprint density at radius 3 is 2.62 bits per heavy atom. The molecule has 0 unspecified atom stereocenters. The summed E-state index contributed by atoms with van der Waals surface area (Å²) >= 11 is 0. The van der Waals surface area contributed by atoms with Gasteiger partial charge in [-0.2, -0.15) is 0 Å². The summed E-state index contributed by atoms with van der Waals surface area (Å²) in [5.74, 6) is 0.479. The molecule has 2 aromatic rings. The first-order valence-corrected chi connectivity index (χ1v) is 9.57. The first-order chi connectivity index (χ1) is 12.3. The second-order valence-electron chi connectivity index (χ2n) is 5.72. The van der Waals surface area contributed by atoms with Crippen molar-refractivity contribution in [3.05, 3.63) is 35.7 Å². The van der Waals surface area contributed by atoms with Crippen molar-refractivity contribution in [1.29, 1.82) is 0 Å². The standard InChI is InChI=1S/C17H20N2O6S/c1-4-23-17(20)13-10-16(11(2)19(13)3)26(21,22)18-12-5-6-14-15(9-12)25-8-7-24-14/h5-6,9-10,18H,4,7-8H2,1-3H3. The number of carbonyl (C=O) groups excluding carboxylic acids is 1. The quantitative estimate of drug-likeness (QED) is 0.798. The average molecular weight is 380 g/mol. The predicted molar refractivity (Wildman–Crippen MR) is 94.3 cm³/mol. The molecular formula is C17H20N2O6S. The van der Waals surface area contributed by atoms with E-state index in [1.165, 1.54) is 10.6 Å². The number of esters is 1. The molecule has 0 saturated carbocycles. The zero-order valence-corrected chi connectivity index (χ0v) is 15.6. The van der Waals surface area contributed by atoms with Crippen LogP contribution in [0.25, 0.3) is 0 Å². The maximum absolute atomic E-state index is 12.8. The van der Waals surface area contributed by atoms with Gasteiger partial charge in [-0.05, 0) is 32.0 Å². The molecular weight excluding hydrogens is 360 g/mol. The van der Waals surface area contributed by atoms with Crippen LogP contribution in [0.15, 0.2) is 29.2 Å². The molecule has 0 spiro atoms. The molecule has 0 atom stereocenters. The zero-order chi connectivity index (χ0) is 18.9. The Balaban J connectivity index is 1.91. The molecule has 1 N–H and O–H groups in total. The Hall–Kier alpha value is -2.68. The van der Waals surface area contributed by atoms with Gasteiger partial charge >= 0.3 is 5.97 Å². The van der Waals surface area contributed by atoms with Crippen molar-refractivity contribution >= 4 is 21.7 Å². The Bertz CT molecular complexity index is 948. The Labute approximate surface area is 151 Å². The van der Waals surface area contributed by atoms with Gasteiger partial charge in [0.15, 0.2) is 11.5 Å². The largest absolute Gasteiger partial charge is 0.486 e. The summed E-state index contributed by atoms with van der Waals surface area (Å²) in [7, 11) is -2.28. The molecule has 0 amide bonds. The fourth-order valence-electron chi connectivity index (χ4n) is 2.66. The smallest absolute Gasteiger partial charge is 0.354 e. The van der Waals surface area contributed by atoms with Crippen LogP contribution in [-0.2, 0) is 21.8 Å². The van der Waals surface area contributed by atoms with E-state index in [1.807, 2.05) is 0 Å². The van der Waals surface area contributed by atoms with Crippen LogP contribution in [0.1, 0.15) is 23.1 Å². The third-order valence-corrected chi connectivity index (χ3v) is 5.55. The highest BCUT2D eigenvalue weighted by molar-refractivity contribution is 7.92. The van der Waals surface area contributed by atoms with Crippen LogP contribution >= 0.6 is 0 Å². The lowest BCUT2D eigenvalue weighted by Crippen LogP contribution is -2.17. The van der Waals surface area contributed by atoms with Crippen molar-refractivity contribution in [2.75, 3.05) is 24.5 Å². The van der Waals surface area contributed by atoms with Crippen LogP contribution in [0.3, 0.4) is 0 Å². The number of hydrogen-bond acceptors (Lipinski definition) is 6. The molecule has 0 aliphatic carbocycles. The van der Waals surface area contributed by atoms with Gasteiger partial charge in [0.2, 0.25) is 0 Å². The number of fused-ring (bicyclic) bond motifs is 1. The third-order valence-electron chi connectivity index (χ3n) is 4.06. The molecule has 1 aliphatic rings. The maximum Gasteiger partial charge on any atom is 0.354 e. The van der Waals surface area contributed by atoms with E-state index in [0.29, 0.717) is 36.1 Å². The van der Waals surface area contributed by atoms with E-state index < -0.39 is 16.0 Å². The summed E-state index contributed by atoms with van der Waals surface area (Å²) in [4.78, 5) is 12.0. The summed E-state index contributed by atoms with van der Waals surface area (Å²) in [6.07, 6.45) is 0. The van der Waals surface area contributed by atoms with E-state index >= 15 is 0 Å². The fourth-order valence-corrected chi connectivity index (χ4v) is 4.00. The monoisotopic (exact) mass is 380 g/mol. The molecule has 0 fully saturated rings. The van der Waals surface area contributed by atoms with Gasteiger partial charge in [0.05, 0.1) is 12.3 Å². The molecule has 0 radical (unpaired) electrons. The average Bonchev–Trinajstić information content (AvgIpc) is 2.91. The number of rotatable bonds is 5. The van der Waals surface area contributed by atoms with E-state index in [1.54, 1.807) is 39.1 Å². The van der Waals surface area contributed by atoms with Gasteiger partial charge in [0.25, 0.3) is 10.0 Å². The van der Waals surface area contributed by atoms with Crippen LogP contribution in [0.2, 0.25) is 0 Å². The molecule has 0 saturated heterocycles. The molecule has 9 heteroatoms. The maximum atomic E-state index is 12.8. The number of benzene rings is 1. The molecule has 26 heavy (non-hydrogen) atoms. The van der Waals surface area contributed by atoms with Crippen molar-refractivity contribution in [3.63, 3.8) is 0 Å². The van der Waals surface area contributed by atoms with E-state index in [4.69, 9.17) is 14.2 Å². The number of aromatic nitrogens is 1. The Kier molecular flexibility index (Phi) is 4.82. The summed E-state index contributed by atoms with van der Waals surface area (Å²) in [6, 6.07) is 6.12. The first kappa shape index (κ1) is 18.1. The molecule has 1 aromatic carbocycles. The Morgan fingerprint density at radius 1 is 1.23 bits per heavy atom. The lowest BCUT2D eigenvalue weighted by atomic mass is 10.3. The summed E-state index contributed by atoms with van der Waals surface area (Å²) in [6.45, 7) is 4.39. The number of nitrogens with zero attached hydrogens (tertiary/aromatic N) is 1. The molecule has 2 heterocycles. The second-order valence-corrected chi connectivity index (χ2v) is 7.37. The SMILES string of the molecule is CCOC(=O)c1cc(S(=O)(=O)Nc2ccc3c(c2)OCCO3)c(C)n1C. The van der Waals surface area contributed by atoms with Crippen LogP contribution in [0, 0.1) is 6.92 Å². The van der Waals surface area contributed by atoms with Crippen LogP contribution in [-0.4, -0.2) is 38.8 Å². The normalized spacial score (nSPS) is 13.3. The topological polar surface area (TPSA) is 95.9 Å². The molecule has 0 bridgehead atoms. The van der Waals surface area contributed by atoms with Crippen molar-refractivity contribution in [1.82, 2.24) is 4.57 Å². The lowest BCUT2D eigenvalue weighted by molar-refractivity contribution is 0.0515. The molecule has 1 aromatic heterocycles. The van der Waals surface area contributed by atoms with Gasteiger partial charge in [0.1, 0.15) is 23.8 Å². The molecule has 140 valence electrons. The minimum atomic E-state index is -3.90. The Morgan fingerprint density at radius 2 is 1.92 bits per heavy atom. The van der Waals surface area contributed by atoms with Crippen molar-refractivity contribution in [2.45, 2.75) is 18.7 Å². The van der Waals surface area contributed by atoms with E-state index in [-0.39, 0.29) is 17.2 Å². The minimum absolute atomic E-state index is 0.0120.